The van der Waals surface area contributed by atoms with Crippen molar-refractivity contribution in [3.05, 3.63) is 64.1 Å². The van der Waals surface area contributed by atoms with Gasteiger partial charge in [-0.05, 0) is 42.0 Å². The zero-order valence-corrected chi connectivity index (χ0v) is 14.4. The van der Waals surface area contributed by atoms with Gasteiger partial charge in [0.25, 0.3) is 0 Å². The first-order valence-corrected chi connectivity index (χ1v) is 8.43. The molecule has 2 atom stereocenters. The molecule has 0 saturated heterocycles. The van der Waals surface area contributed by atoms with Crippen LogP contribution in [0, 0.1) is 0 Å². The van der Waals surface area contributed by atoms with Crippen molar-refractivity contribution in [3.8, 4) is 0 Å². The van der Waals surface area contributed by atoms with Crippen LogP contribution in [0.15, 0.2) is 53.4 Å². The fraction of sp³-hybridized carbons (Fsp3) is 0.133. The van der Waals surface area contributed by atoms with E-state index in [2.05, 4.69) is 0 Å². The van der Waals surface area contributed by atoms with E-state index in [1.807, 2.05) is 0 Å². The molecule has 0 fully saturated rings. The lowest BCUT2D eigenvalue weighted by Crippen LogP contribution is -2.16. The van der Waals surface area contributed by atoms with Crippen molar-refractivity contribution in [2.45, 2.75) is 15.6 Å². The molecule has 0 heterocycles. The molecule has 2 rings (SSSR count). The number of hydrogen-bond acceptors (Lipinski definition) is 2. The highest BCUT2D eigenvalue weighted by Gasteiger charge is 2.26. The molecular formula is C15H10Cl4OS. The number of carbonyl (C=O) groups is 1. The Kier molecular flexibility index (Phi) is 6.27. The van der Waals surface area contributed by atoms with Crippen molar-refractivity contribution in [2.24, 2.45) is 0 Å². The van der Waals surface area contributed by atoms with Crippen LogP contribution in [-0.4, -0.2) is 10.5 Å². The monoisotopic (exact) mass is 378 g/mol. The van der Waals surface area contributed by atoms with E-state index >= 15 is 0 Å². The summed E-state index contributed by atoms with van der Waals surface area (Å²) in [5.74, 6) is 0. The van der Waals surface area contributed by atoms with E-state index in [9.17, 15) is 4.79 Å². The molecule has 0 aliphatic carbocycles. The summed E-state index contributed by atoms with van der Waals surface area (Å²) in [5.41, 5.74) is 0.756. The van der Waals surface area contributed by atoms with Crippen LogP contribution in [0.3, 0.4) is 0 Å². The number of thioether (sulfide) groups is 1. The predicted octanol–water partition coefficient (Wildman–Crippen LogP) is 6.20. The molecule has 0 N–H and O–H groups in total. The number of carbonyl (C=O) groups excluding carboxylic acids is 1. The van der Waals surface area contributed by atoms with Gasteiger partial charge < -0.3 is 0 Å². The molecule has 1 nitrogen and oxygen atoms in total. The molecule has 2 aromatic rings. The number of halogens is 4. The maximum absolute atomic E-state index is 12.2. The second kappa shape index (κ2) is 7.75. The van der Waals surface area contributed by atoms with Crippen LogP contribution in [0.2, 0.25) is 10.0 Å². The molecule has 0 bridgehead atoms. The largest absolute Gasteiger partial charge is 0.285 e. The third-order valence-corrected chi connectivity index (χ3v) is 5.38. The highest BCUT2D eigenvalue weighted by atomic mass is 35.5. The standard InChI is InChI=1S/C15H10Cl4OS/c16-10-3-1-9(2-4-10)13(18)14(19)15(20)21-12-7-5-11(17)6-8-12/h1-8,13-14H. The topological polar surface area (TPSA) is 17.1 Å². The van der Waals surface area contributed by atoms with E-state index in [-0.39, 0.29) is 5.12 Å². The first-order chi connectivity index (χ1) is 9.97. The summed E-state index contributed by atoms with van der Waals surface area (Å²) in [6.45, 7) is 0. The minimum atomic E-state index is -0.839. The summed E-state index contributed by atoms with van der Waals surface area (Å²) < 4.78 is 0. The lowest BCUT2D eigenvalue weighted by molar-refractivity contribution is -0.110. The van der Waals surface area contributed by atoms with Gasteiger partial charge in [0, 0.05) is 14.9 Å². The summed E-state index contributed by atoms with van der Waals surface area (Å²) >= 11 is 25.1. The Morgan fingerprint density at radius 1 is 0.857 bits per heavy atom. The van der Waals surface area contributed by atoms with Crippen LogP contribution < -0.4 is 0 Å². The average Bonchev–Trinajstić information content (AvgIpc) is 2.49. The minimum Gasteiger partial charge on any atom is -0.285 e. The van der Waals surface area contributed by atoms with Crippen LogP contribution in [-0.2, 0) is 4.79 Å². The van der Waals surface area contributed by atoms with Crippen LogP contribution >= 0.6 is 58.2 Å². The first-order valence-electron chi connectivity index (χ1n) is 5.98. The number of rotatable bonds is 4. The molecule has 6 heteroatoms. The Morgan fingerprint density at radius 3 is 1.86 bits per heavy atom. The zero-order valence-electron chi connectivity index (χ0n) is 10.6. The summed E-state index contributed by atoms with van der Waals surface area (Å²) in [5, 5.41) is -0.445. The molecule has 0 amide bonds. The van der Waals surface area contributed by atoms with E-state index in [0.29, 0.717) is 10.0 Å². The van der Waals surface area contributed by atoms with Gasteiger partial charge in [-0.25, -0.2) is 0 Å². The van der Waals surface area contributed by atoms with Gasteiger partial charge in [-0.2, -0.15) is 0 Å². The van der Waals surface area contributed by atoms with E-state index in [4.69, 9.17) is 46.4 Å². The molecule has 0 radical (unpaired) electrons. The predicted molar refractivity (Wildman–Crippen MR) is 92.0 cm³/mol. The smallest absolute Gasteiger partial charge is 0.213 e. The fourth-order valence-electron chi connectivity index (χ4n) is 1.61. The molecule has 0 spiro atoms. The van der Waals surface area contributed by atoms with Gasteiger partial charge in [-0.15, -0.1) is 23.2 Å². The zero-order chi connectivity index (χ0) is 15.4. The van der Waals surface area contributed by atoms with Crippen LogP contribution in [0.25, 0.3) is 0 Å². The SMILES string of the molecule is O=C(Sc1ccc(Cl)cc1)C(Cl)C(Cl)c1ccc(Cl)cc1. The second-order valence-electron chi connectivity index (χ2n) is 4.23. The fourth-order valence-corrected chi connectivity index (χ4v) is 3.23. The van der Waals surface area contributed by atoms with E-state index in [1.165, 1.54) is 0 Å². The van der Waals surface area contributed by atoms with Gasteiger partial charge in [0.2, 0.25) is 5.12 Å². The molecule has 0 aliphatic heterocycles. The van der Waals surface area contributed by atoms with E-state index in [0.717, 1.165) is 22.2 Å². The lowest BCUT2D eigenvalue weighted by Gasteiger charge is -2.15. The van der Waals surface area contributed by atoms with E-state index < -0.39 is 10.8 Å². The Balaban J connectivity index is 2.04. The van der Waals surface area contributed by atoms with Crippen molar-refractivity contribution in [1.82, 2.24) is 0 Å². The molecule has 0 aromatic heterocycles. The molecule has 21 heavy (non-hydrogen) atoms. The summed E-state index contributed by atoms with van der Waals surface area (Å²) in [6, 6.07) is 13.9. The highest BCUT2D eigenvalue weighted by Crippen LogP contribution is 2.34. The molecule has 0 saturated carbocycles. The van der Waals surface area contributed by atoms with Crippen LogP contribution in [0.5, 0.6) is 0 Å². The van der Waals surface area contributed by atoms with Crippen molar-refractivity contribution < 1.29 is 4.79 Å². The highest BCUT2D eigenvalue weighted by molar-refractivity contribution is 8.14. The summed E-state index contributed by atoms with van der Waals surface area (Å²) in [4.78, 5) is 12.9. The quantitative estimate of drug-likeness (QED) is 0.464. The summed E-state index contributed by atoms with van der Waals surface area (Å²) in [6.07, 6.45) is 0. The maximum atomic E-state index is 12.2. The Hall–Kier alpha value is -0.380. The van der Waals surface area contributed by atoms with E-state index in [1.54, 1.807) is 48.5 Å². The van der Waals surface area contributed by atoms with Gasteiger partial charge in [0.15, 0.2) is 0 Å². The van der Waals surface area contributed by atoms with Gasteiger partial charge >= 0.3 is 0 Å². The molecule has 110 valence electrons. The maximum Gasteiger partial charge on any atom is 0.213 e. The van der Waals surface area contributed by atoms with Crippen LogP contribution in [0.1, 0.15) is 10.9 Å². The third kappa shape index (κ3) is 4.80. The summed E-state index contributed by atoms with van der Waals surface area (Å²) in [7, 11) is 0. The minimum absolute atomic E-state index is 0.214. The van der Waals surface area contributed by atoms with Crippen molar-refractivity contribution in [3.63, 3.8) is 0 Å². The van der Waals surface area contributed by atoms with Crippen LogP contribution in [0.4, 0.5) is 0 Å². The average molecular weight is 380 g/mol. The Labute approximate surface area is 147 Å². The molecule has 0 aliphatic rings. The third-order valence-electron chi connectivity index (χ3n) is 2.70. The Morgan fingerprint density at radius 2 is 1.33 bits per heavy atom. The van der Waals surface area contributed by atoms with Gasteiger partial charge in [-0.1, -0.05) is 47.1 Å². The molecule has 2 aromatic carbocycles. The van der Waals surface area contributed by atoms with Crippen molar-refractivity contribution in [2.75, 3.05) is 0 Å². The number of hydrogen-bond donors (Lipinski definition) is 0. The second-order valence-corrected chi connectivity index (χ2v) is 7.12. The van der Waals surface area contributed by atoms with Crippen molar-refractivity contribution >= 4 is 63.3 Å². The normalized spacial score (nSPS) is 13.7. The first kappa shape index (κ1) is 17.0. The Bertz CT molecular complexity index is 613. The molecular weight excluding hydrogens is 370 g/mol. The van der Waals surface area contributed by atoms with Gasteiger partial charge in [0.05, 0.1) is 5.38 Å². The number of benzene rings is 2. The lowest BCUT2D eigenvalue weighted by atomic mass is 10.1. The molecule has 2 unspecified atom stereocenters. The van der Waals surface area contributed by atoms with Gasteiger partial charge in [-0.3, -0.25) is 4.79 Å². The van der Waals surface area contributed by atoms with Crippen molar-refractivity contribution in [1.29, 1.82) is 0 Å². The van der Waals surface area contributed by atoms with Gasteiger partial charge in [0.1, 0.15) is 5.38 Å². The number of alkyl halides is 2.